The average Bonchev–Trinajstić information content (AvgIpc) is 2.69. The van der Waals surface area contributed by atoms with E-state index in [4.69, 9.17) is 14.2 Å². The number of ether oxygens (including phenoxy) is 3. The summed E-state index contributed by atoms with van der Waals surface area (Å²) in [7, 11) is 1.61. The number of hydrogen-bond donors (Lipinski definition) is 1. The summed E-state index contributed by atoms with van der Waals surface area (Å²) in [6.07, 6.45) is 1.47. The van der Waals surface area contributed by atoms with Crippen molar-refractivity contribution in [3.05, 3.63) is 48.2 Å². The molecule has 2 aromatic heterocycles. The molecule has 1 aromatic carbocycles. The Morgan fingerprint density at radius 1 is 1.07 bits per heavy atom. The fourth-order valence-electron chi connectivity index (χ4n) is 2.61. The summed E-state index contributed by atoms with van der Waals surface area (Å²) in [5.74, 6) is 0.780. The van der Waals surface area contributed by atoms with Crippen LogP contribution in [0, 0.1) is 0 Å². The summed E-state index contributed by atoms with van der Waals surface area (Å²) >= 11 is 0. The summed E-state index contributed by atoms with van der Waals surface area (Å²) in [5, 5.41) is 3.97. The van der Waals surface area contributed by atoms with E-state index in [0.29, 0.717) is 34.8 Å². The molecule has 3 aromatic rings. The van der Waals surface area contributed by atoms with Crippen LogP contribution in [0.1, 0.15) is 24.2 Å². The number of pyridine rings is 2. The summed E-state index contributed by atoms with van der Waals surface area (Å²) in [4.78, 5) is 21.1. The number of carbonyl (C=O) groups is 1. The standard InChI is InChI=1S/C20H21N3O4.ClH/c1-4-26-17-11-10-15-18(22-13-6-8-14(25-3)9-7-13)16(20(24)27-5-2)12-21-19(15)23-17;/h6-12H,4-5H2,1-3H3,(H,21,22,23);1H. The zero-order chi connectivity index (χ0) is 19.2. The minimum absolute atomic E-state index is 0. The van der Waals surface area contributed by atoms with Gasteiger partial charge in [-0.05, 0) is 44.2 Å². The second-order valence-corrected chi connectivity index (χ2v) is 5.57. The zero-order valence-electron chi connectivity index (χ0n) is 15.9. The lowest BCUT2D eigenvalue weighted by Gasteiger charge is -2.14. The van der Waals surface area contributed by atoms with Crippen LogP contribution >= 0.6 is 12.4 Å². The summed E-state index contributed by atoms with van der Waals surface area (Å²) < 4.78 is 15.8. The van der Waals surface area contributed by atoms with Crippen molar-refractivity contribution in [1.82, 2.24) is 9.97 Å². The van der Waals surface area contributed by atoms with Gasteiger partial charge >= 0.3 is 5.97 Å². The first-order valence-electron chi connectivity index (χ1n) is 8.67. The highest BCUT2D eigenvalue weighted by Crippen LogP contribution is 2.30. The maximum atomic E-state index is 12.4. The van der Waals surface area contributed by atoms with E-state index in [9.17, 15) is 4.79 Å². The number of nitrogens with one attached hydrogen (secondary N) is 1. The van der Waals surface area contributed by atoms with Crippen molar-refractivity contribution < 1.29 is 19.0 Å². The van der Waals surface area contributed by atoms with Crippen molar-refractivity contribution in [3.63, 3.8) is 0 Å². The Labute approximate surface area is 169 Å². The SMILES string of the molecule is CCOC(=O)c1cnc2nc(OCC)ccc2c1Nc1ccc(OC)cc1.Cl. The van der Waals surface area contributed by atoms with E-state index in [1.165, 1.54) is 6.20 Å². The molecule has 0 aliphatic rings. The van der Waals surface area contributed by atoms with Gasteiger partial charge in [0.15, 0.2) is 5.65 Å². The maximum Gasteiger partial charge on any atom is 0.341 e. The zero-order valence-corrected chi connectivity index (χ0v) is 16.7. The second kappa shape index (κ2) is 9.75. The molecule has 0 bridgehead atoms. The third-order valence-electron chi connectivity index (χ3n) is 3.85. The number of carbonyl (C=O) groups excluding carboxylic acids is 1. The molecule has 28 heavy (non-hydrogen) atoms. The normalized spacial score (nSPS) is 10.1. The minimum Gasteiger partial charge on any atom is -0.497 e. The highest BCUT2D eigenvalue weighted by atomic mass is 35.5. The van der Waals surface area contributed by atoms with E-state index in [0.717, 1.165) is 11.4 Å². The molecule has 0 saturated heterocycles. The number of halogens is 1. The molecule has 2 heterocycles. The van der Waals surface area contributed by atoms with Crippen LogP contribution < -0.4 is 14.8 Å². The molecule has 0 spiro atoms. The summed E-state index contributed by atoms with van der Waals surface area (Å²) in [6, 6.07) is 11.0. The Hall–Kier alpha value is -3.06. The molecule has 148 valence electrons. The number of anilines is 2. The van der Waals surface area contributed by atoms with Gasteiger partial charge < -0.3 is 19.5 Å². The second-order valence-electron chi connectivity index (χ2n) is 5.57. The van der Waals surface area contributed by atoms with Gasteiger partial charge in [0.2, 0.25) is 5.88 Å². The van der Waals surface area contributed by atoms with Crippen LogP contribution in [0.5, 0.6) is 11.6 Å². The van der Waals surface area contributed by atoms with Gasteiger partial charge in [-0.25, -0.2) is 9.78 Å². The molecule has 0 unspecified atom stereocenters. The first kappa shape index (κ1) is 21.2. The Morgan fingerprint density at radius 2 is 1.82 bits per heavy atom. The average molecular weight is 404 g/mol. The van der Waals surface area contributed by atoms with Gasteiger partial charge in [-0.15, -0.1) is 12.4 Å². The third kappa shape index (κ3) is 4.61. The first-order valence-corrected chi connectivity index (χ1v) is 8.67. The molecular formula is C20H22ClN3O4. The fourth-order valence-corrected chi connectivity index (χ4v) is 2.61. The monoisotopic (exact) mass is 403 g/mol. The Balaban J connectivity index is 0.00000280. The molecule has 0 aliphatic heterocycles. The molecule has 0 fully saturated rings. The van der Waals surface area contributed by atoms with E-state index < -0.39 is 5.97 Å². The van der Waals surface area contributed by atoms with Crippen molar-refractivity contribution in [1.29, 1.82) is 0 Å². The molecular weight excluding hydrogens is 382 g/mol. The van der Waals surface area contributed by atoms with Crippen LogP contribution in [0.2, 0.25) is 0 Å². The van der Waals surface area contributed by atoms with Crippen molar-refractivity contribution >= 4 is 40.8 Å². The minimum atomic E-state index is -0.447. The number of nitrogens with zero attached hydrogens (tertiary/aromatic N) is 2. The lowest BCUT2D eigenvalue weighted by molar-refractivity contribution is 0.0527. The predicted octanol–water partition coefficient (Wildman–Crippen LogP) is 4.38. The van der Waals surface area contributed by atoms with Gasteiger partial charge in [0, 0.05) is 23.3 Å². The Bertz CT molecular complexity index is 948. The van der Waals surface area contributed by atoms with Gasteiger partial charge in [0.25, 0.3) is 0 Å². The van der Waals surface area contributed by atoms with Gasteiger partial charge in [0.1, 0.15) is 11.3 Å². The van der Waals surface area contributed by atoms with Crippen LogP contribution in [-0.4, -0.2) is 36.3 Å². The maximum absolute atomic E-state index is 12.4. The van der Waals surface area contributed by atoms with E-state index in [1.54, 1.807) is 20.1 Å². The van der Waals surface area contributed by atoms with Gasteiger partial charge in [-0.3, -0.25) is 0 Å². The molecule has 1 N–H and O–H groups in total. The third-order valence-corrected chi connectivity index (χ3v) is 3.85. The van der Waals surface area contributed by atoms with Gasteiger partial charge in [0.05, 0.1) is 26.0 Å². The van der Waals surface area contributed by atoms with Crippen LogP contribution in [0.4, 0.5) is 11.4 Å². The van der Waals surface area contributed by atoms with E-state index in [-0.39, 0.29) is 19.0 Å². The molecule has 8 heteroatoms. The molecule has 3 rings (SSSR count). The number of hydrogen-bond acceptors (Lipinski definition) is 7. The first-order chi connectivity index (χ1) is 13.2. The van der Waals surface area contributed by atoms with Crippen LogP contribution in [0.3, 0.4) is 0 Å². The van der Waals surface area contributed by atoms with Crippen molar-refractivity contribution in [2.24, 2.45) is 0 Å². The Kier molecular flexibility index (Phi) is 7.40. The molecule has 0 saturated carbocycles. The van der Waals surface area contributed by atoms with E-state index in [2.05, 4.69) is 15.3 Å². The Morgan fingerprint density at radius 3 is 2.46 bits per heavy atom. The van der Waals surface area contributed by atoms with Gasteiger partial charge in [-0.1, -0.05) is 0 Å². The molecule has 7 nitrogen and oxygen atoms in total. The summed E-state index contributed by atoms with van der Waals surface area (Å²) in [6.45, 7) is 4.44. The van der Waals surface area contributed by atoms with Crippen LogP contribution in [0.25, 0.3) is 11.0 Å². The molecule has 0 aliphatic carbocycles. The number of rotatable bonds is 7. The number of methoxy groups -OCH3 is 1. The smallest absolute Gasteiger partial charge is 0.341 e. The summed E-state index contributed by atoms with van der Waals surface area (Å²) in [5.41, 5.74) is 2.19. The van der Waals surface area contributed by atoms with Crippen LogP contribution in [-0.2, 0) is 4.74 Å². The van der Waals surface area contributed by atoms with Crippen molar-refractivity contribution in [2.75, 3.05) is 25.6 Å². The quantitative estimate of drug-likeness (QED) is 0.586. The number of esters is 1. The highest BCUT2D eigenvalue weighted by molar-refractivity contribution is 6.05. The number of benzene rings is 1. The lowest BCUT2D eigenvalue weighted by atomic mass is 10.1. The van der Waals surface area contributed by atoms with Gasteiger partial charge in [-0.2, -0.15) is 4.98 Å². The number of aromatic nitrogens is 2. The van der Waals surface area contributed by atoms with Crippen LogP contribution in [0.15, 0.2) is 42.6 Å². The van der Waals surface area contributed by atoms with Crippen molar-refractivity contribution in [3.8, 4) is 11.6 Å². The fraction of sp³-hybridized carbons (Fsp3) is 0.250. The predicted molar refractivity (Wildman–Crippen MR) is 110 cm³/mol. The van der Waals surface area contributed by atoms with E-state index >= 15 is 0 Å². The molecule has 0 atom stereocenters. The lowest BCUT2D eigenvalue weighted by Crippen LogP contribution is -2.09. The largest absolute Gasteiger partial charge is 0.497 e. The van der Waals surface area contributed by atoms with Crippen molar-refractivity contribution in [2.45, 2.75) is 13.8 Å². The molecule has 0 amide bonds. The highest BCUT2D eigenvalue weighted by Gasteiger charge is 2.18. The van der Waals surface area contributed by atoms with E-state index in [1.807, 2.05) is 37.3 Å². The number of fused-ring (bicyclic) bond motifs is 1. The molecule has 0 radical (unpaired) electrons. The topological polar surface area (TPSA) is 82.6 Å².